The van der Waals surface area contributed by atoms with Crippen LogP contribution < -0.4 is 0 Å². The molecule has 0 saturated carbocycles. The molecule has 5 heteroatoms. The fourth-order valence-corrected chi connectivity index (χ4v) is 1.82. The van der Waals surface area contributed by atoms with Gasteiger partial charge in [0.2, 0.25) is 5.91 Å². The second kappa shape index (κ2) is 5.58. The molecule has 0 aromatic carbocycles. The molecule has 0 radical (unpaired) electrons. The molecule has 0 N–H and O–H groups in total. The molecule has 1 rings (SSSR count). The highest BCUT2D eigenvalue weighted by atomic mass is 32.1. The summed E-state index contributed by atoms with van der Waals surface area (Å²) < 4.78 is 10.1. The van der Waals surface area contributed by atoms with E-state index >= 15 is 0 Å². The molecule has 0 aromatic rings. The van der Waals surface area contributed by atoms with E-state index in [1.54, 1.807) is 19.1 Å². The normalized spacial score (nSPS) is 22.4. The average Bonchev–Trinajstić information content (AvgIpc) is 2.56. The van der Waals surface area contributed by atoms with Crippen LogP contribution in [0, 0.1) is 5.92 Å². The number of rotatable bonds is 5. The van der Waals surface area contributed by atoms with Gasteiger partial charge in [0.05, 0.1) is 6.54 Å². The average molecular weight is 219 g/mol. The van der Waals surface area contributed by atoms with Gasteiger partial charge < -0.3 is 14.4 Å². The van der Waals surface area contributed by atoms with Gasteiger partial charge in [-0.1, -0.05) is 0 Å². The molecule has 0 spiro atoms. The molecule has 0 aliphatic carbocycles. The Hall–Kier alpha value is -0.260. The highest BCUT2D eigenvalue weighted by Gasteiger charge is 2.30. The molecule has 0 bridgehead atoms. The van der Waals surface area contributed by atoms with Gasteiger partial charge in [-0.25, -0.2) is 0 Å². The molecule has 1 heterocycles. The first-order chi connectivity index (χ1) is 6.71. The third-order valence-electron chi connectivity index (χ3n) is 2.45. The highest BCUT2D eigenvalue weighted by Crippen LogP contribution is 2.19. The fourth-order valence-electron chi connectivity index (χ4n) is 1.58. The summed E-state index contributed by atoms with van der Waals surface area (Å²) in [5, 5.41) is 0. The summed E-state index contributed by atoms with van der Waals surface area (Å²) in [7, 11) is 3.15. The number of carbonyl (C=O) groups excluding carboxylic acids is 1. The maximum absolute atomic E-state index is 11.5. The first kappa shape index (κ1) is 11.8. The minimum Gasteiger partial charge on any atom is -0.354 e. The molecular formula is C9H17NO3S. The number of ether oxygens (including phenoxy) is 2. The predicted octanol–water partition coefficient (Wildman–Crippen LogP) is 0.384. The molecule has 1 saturated heterocycles. The lowest BCUT2D eigenvalue weighted by Gasteiger charge is -2.21. The fraction of sp³-hybridized carbons (Fsp3) is 0.889. The smallest absolute Gasteiger partial charge is 0.223 e. The number of carbonyl (C=O) groups is 1. The maximum atomic E-state index is 11.5. The molecule has 1 amide bonds. The van der Waals surface area contributed by atoms with Crippen LogP contribution in [0.5, 0.6) is 0 Å². The molecule has 82 valence electrons. The van der Waals surface area contributed by atoms with Crippen molar-refractivity contribution in [1.29, 1.82) is 0 Å². The van der Waals surface area contributed by atoms with Gasteiger partial charge in [-0.3, -0.25) is 4.79 Å². The van der Waals surface area contributed by atoms with Crippen LogP contribution in [-0.2, 0) is 14.3 Å². The Kier molecular flexibility index (Phi) is 4.71. The van der Waals surface area contributed by atoms with E-state index in [9.17, 15) is 4.79 Å². The Bertz CT molecular complexity index is 196. The largest absolute Gasteiger partial charge is 0.354 e. The first-order valence-corrected chi connectivity index (χ1v) is 5.28. The Labute approximate surface area is 90.0 Å². The number of nitrogens with zero attached hydrogens (tertiary/aromatic N) is 1. The summed E-state index contributed by atoms with van der Waals surface area (Å²) in [6.45, 7) is 1.28. The van der Waals surface area contributed by atoms with Crippen molar-refractivity contribution in [3.63, 3.8) is 0 Å². The van der Waals surface area contributed by atoms with Gasteiger partial charge in [-0.15, -0.1) is 0 Å². The molecule has 4 nitrogen and oxygen atoms in total. The number of methoxy groups -OCH3 is 2. The van der Waals surface area contributed by atoms with Crippen LogP contribution in [0.4, 0.5) is 0 Å². The quantitative estimate of drug-likeness (QED) is 0.537. The second-order valence-corrected chi connectivity index (χ2v) is 3.82. The second-order valence-electron chi connectivity index (χ2n) is 3.45. The van der Waals surface area contributed by atoms with Crippen LogP contribution in [0.1, 0.15) is 6.42 Å². The lowest BCUT2D eigenvalue weighted by molar-refractivity contribution is -0.141. The molecule has 1 atom stereocenters. The minimum atomic E-state index is -0.322. The molecular weight excluding hydrogens is 202 g/mol. The standard InChI is InChI=1S/C9H17NO3S/c1-12-9(13-2)5-10-4-7(6-14)3-8(10)11/h7,9,14H,3-6H2,1-2H3. The van der Waals surface area contributed by atoms with Crippen molar-refractivity contribution in [1.82, 2.24) is 4.90 Å². The summed E-state index contributed by atoms with van der Waals surface area (Å²) in [5.41, 5.74) is 0. The van der Waals surface area contributed by atoms with Gasteiger partial charge in [0.1, 0.15) is 0 Å². The lowest BCUT2D eigenvalue weighted by Crippen LogP contribution is -2.35. The van der Waals surface area contributed by atoms with Gasteiger partial charge >= 0.3 is 0 Å². The van der Waals surface area contributed by atoms with Crippen molar-refractivity contribution in [2.75, 3.05) is 33.1 Å². The highest BCUT2D eigenvalue weighted by molar-refractivity contribution is 7.80. The Morgan fingerprint density at radius 2 is 2.21 bits per heavy atom. The third kappa shape index (κ3) is 2.87. The molecule has 1 fully saturated rings. The van der Waals surface area contributed by atoms with Crippen LogP contribution in [0.25, 0.3) is 0 Å². The monoisotopic (exact) mass is 219 g/mol. The van der Waals surface area contributed by atoms with Gasteiger partial charge in [0.15, 0.2) is 6.29 Å². The van der Waals surface area contributed by atoms with Crippen LogP contribution in [0.3, 0.4) is 0 Å². The maximum Gasteiger partial charge on any atom is 0.223 e. The first-order valence-electron chi connectivity index (χ1n) is 4.65. The van der Waals surface area contributed by atoms with Gasteiger partial charge in [0, 0.05) is 27.2 Å². The van der Waals surface area contributed by atoms with E-state index in [2.05, 4.69) is 12.6 Å². The summed E-state index contributed by atoms with van der Waals surface area (Å²) in [6.07, 6.45) is 0.279. The predicted molar refractivity (Wildman–Crippen MR) is 56.3 cm³/mol. The van der Waals surface area contributed by atoms with Crippen LogP contribution in [0.15, 0.2) is 0 Å². The van der Waals surface area contributed by atoms with E-state index in [0.717, 1.165) is 12.3 Å². The number of likely N-dealkylation sites (tertiary alicyclic amines) is 1. The van der Waals surface area contributed by atoms with Gasteiger partial charge in [-0.05, 0) is 11.7 Å². The summed E-state index contributed by atoms with van der Waals surface area (Å²) in [4.78, 5) is 13.3. The Morgan fingerprint density at radius 3 is 2.64 bits per heavy atom. The number of thiol groups is 1. The summed E-state index contributed by atoms with van der Waals surface area (Å²) in [5.74, 6) is 1.30. The zero-order valence-electron chi connectivity index (χ0n) is 8.60. The minimum absolute atomic E-state index is 0.170. The lowest BCUT2D eigenvalue weighted by atomic mass is 10.1. The SMILES string of the molecule is COC(CN1CC(CS)CC1=O)OC. The Balaban J connectivity index is 2.41. The third-order valence-corrected chi connectivity index (χ3v) is 2.96. The van der Waals surface area contributed by atoms with Crippen molar-refractivity contribution < 1.29 is 14.3 Å². The zero-order chi connectivity index (χ0) is 10.6. The van der Waals surface area contributed by atoms with Crippen molar-refractivity contribution >= 4 is 18.5 Å². The van der Waals surface area contributed by atoms with E-state index < -0.39 is 0 Å². The van der Waals surface area contributed by atoms with E-state index in [-0.39, 0.29) is 12.2 Å². The van der Waals surface area contributed by atoms with Gasteiger partial charge in [-0.2, -0.15) is 12.6 Å². The van der Waals surface area contributed by atoms with Crippen LogP contribution in [-0.4, -0.2) is 50.2 Å². The van der Waals surface area contributed by atoms with Crippen LogP contribution in [0.2, 0.25) is 0 Å². The summed E-state index contributed by atoms with van der Waals surface area (Å²) >= 11 is 4.19. The summed E-state index contributed by atoms with van der Waals surface area (Å²) in [6, 6.07) is 0. The van der Waals surface area contributed by atoms with Crippen molar-refractivity contribution in [2.24, 2.45) is 5.92 Å². The van der Waals surface area contributed by atoms with E-state index in [1.165, 1.54) is 0 Å². The molecule has 14 heavy (non-hydrogen) atoms. The van der Waals surface area contributed by atoms with Crippen molar-refractivity contribution in [3.05, 3.63) is 0 Å². The number of amides is 1. The topological polar surface area (TPSA) is 38.8 Å². The number of hydrogen-bond donors (Lipinski definition) is 1. The Morgan fingerprint density at radius 1 is 1.57 bits per heavy atom. The van der Waals surface area contributed by atoms with Crippen LogP contribution >= 0.6 is 12.6 Å². The van der Waals surface area contributed by atoms with E-state index in [0.29, 0.717) is 18.9 Å². The van der Waals surface area contributed by atoms with E-state index in [1.807, 2.05) is 0 Å². The van der Waals surface area contributed by atoms with Gasteiger partial charge in [0.25, 0.3) is 0 Å². The number of hydrogen-bond acceptors (Lipinski definition) is 4. The zero-order valence-corrected chi connectivity index (χ0v) is 9.50. The van der Waals surface area contributed by atoms with E-state index in [4.69, 9.17) is 9.47 Å². The molecule has 0 aromatic heterocycles. The molecule has 1 aliphatic heterocycles. The molecule has 1 unspecified atom stereocenters. The van der Waals surface area contributed by atoms with Crippen molar-refractivity contribution in [2.45, 2.75) is 12.7 Å². The van der Waals surface area contributed by atoms with Crippen molar-refractivity contribution in [3.8, 4) is 0 Å². The molecule has 1 aliphatic rings.